The maximum Gasteiger partial charge on any atom is 0.155 e. The van der Waals surface area contributed by atoms with E-state index in [2.05, 4.69) is 0 Å². The molecule has 0 aromatic heterocycles. The first-order valence-electron chi connectivity index (χ1n) is 5.76. The molecule has 0 aliphatic heterocycles. The molecule has 1 aliphatic rings. The van der Waals surface area contributed by atoms with Gasteiger partial charge in [-0.2, -0.15) is 0 Å². The number of ether oxygens (including phenoxy) is 1. The second-order valence-corrected chi connectivity index (χ2v) is 3.95. The predicted octanol–water partition coefficient (Wildman–Crippen LogP) is 3.22. The summed E-state index contributed by atoms with van der Waals surface area (Å²) >= 11 is 0. The van der Waals surface area contributed by atoms with Crippen molar-refractivity contribution in [1.82, 2.24) is 0 Å². The number of carbonyl (C=O) groups is 1. The van der Waals surface area contributed by atoms with E-state index in [1.165, 1.54) is 0 Å². The van der Waals surface area contributed by atoms with Crippen LogP contribution in [0.3, 0.4) is 0 Å². The zero-order valence-electron chi connectivity index (χ0n) is 9.53. The third-order valence-corrected chi connectivity index (χ3v) is 2.74. The van der Waals surface area contributed by atoms with E-state index in [-0.39, 0.29) is 5.78 Å². The molecule has 0 N–H and O–H groups in total. The maximum atomic E-state index is 11.3. The van der Waals surface area contributed by atoms with Crippen molar-refractivity contribution in [3.63, 3.8) is 0 Å². The van der Waals surface area contributed by atoms with Gasteiger partial charge in [0.1, 0.15) is 5.75 Å². The highest BCUT2D eigenvalue weighted by Gasteiger charge is 2.11. The standard InChI is InChI=1S/C14H16O2/c1-2-16-14-8-6-11(7-9-14)12-4-3-5-13(15)10-12/h6-10H,2-5H2,1H3. The van der Waals surface area contributed by atoms with Crippen LogP contribution in [0.15, 0.2) is 30.3 Å². The largest absolute Gasteiger partial charge is 0.494 e. The number of benzene rings is 1. The fraction of sp³-hybridized carbons (Fsp3) is 0.357. The van der Waals surface area contributed by atoms with Gasteiger partial charge in [0.15, 0.2) is 5.78 Å². The maximum absolute atomic E-state index is 11.3. The van der Waals surface area contributed by atoms with Gasteiger partial charge in [-0.15, -0.1) is 0 Å². The molecule has 1 aliphatic carbocycles. The van der Waals surface area contributed by atoms with Crippen molar-refractivity contribution in [2.24, 2.45) is 0 Å². The van der Waals surface area contributed by atoms with Crippen LogP contribution in [0.2, 0.25) is 0 Å². The van der Waals surface area contributed by atoms with Crippen LogP contribution in [0.5, 0.6) is 5.75 Å². The number of allylic oxidation sites excluding steroid dienone is 2. The molecular weight excluding hydrogens is 200 g/mol. The molecular formula is C14H16O2. The SMILES string of the molecule is CCOc1ccc(C2=CC(=O)CCC2)cc1. The molecule has 84 valence electrons. The van der Waals surface area contributed by atoms with E-state index in [0.29, 0.717) is 13.0 Å². The molecule has 0 amide bonds. The topological polar surface area (TPSA) is 26.3 Å². The quantitative estimate of drug-likeness (QED) is 0.775. The Hall–Kier alpha value is -1.57. The lowest BCUT2D eigenvalue weighted by atomic mass is 9.93. The van der Waals surface area contributed by atoms with E-state index in [1.807, 2.05) is 31.2 Å². The molecule has 0 atom stereocenters. The highest BCUT2D eigenvalue weighted by atomic mass is 16.5. The lowest BCUT2D eigenvalue weighted by Gasteiger charge is -2.12. The normalized spacial score (nSPS) is 15.8. The summed E-state index contributed by atoms with van der Waals surface area (Å²) in [6, 6.07) is 7.96. The zero-order valence-corrected chi connectivity index (χ0v) is 9.53. The Bertz CT molecular complexity index is 401. The third kappa shape index (κ3) is 2.51. The summed E-state index contributed by atoms with van der Waals surface area (Å²) in [6.07, 6.45) is 4.44. The molecule has 2 heteroatoms. The smallest absolute Gasteiger partial charge is 0.155 e. The highest BCUT2D eigenvalue weighted by molar-refractivity contribution is 5.98. The second-order valence-electron chi connectivity index (χ2n) is 3.95. The second kappa shape index (κ2) is 4.97. The van der Waals surface area contributed by atoms with Gasteiger partial charge in [-0.25, -0.2) is 0 Å². The van der Waals surface area contributed by atoms with E-state index in [9.17, 15) is 4.79 Å². The zero-order chi connectivity index (χ0) is 11.4. The van der Waals surface area contributed by atoms with Crippen LogP contribution < -0.4 is 4.74 Å². The van der Waals surface area contributed by atoms with Gasteiger partial charge < -0.3 is 4.74 Å². The van der Waals surface area contributed by atoms with Gasteiger partial charge in [0, 0.05) is 6.42 Å². The van der Waals surface area contributed by atoms with Crippen LogP contribution in [0.1, 0.15) is 31.7 Å². The summed E-state index contributed by atoms with van der Waals surface area (Å²) in [4.78, 5) is 11.3. The average molecular weight is 216 g/mol. The van der Waals surface area contributed by atoms with Crippen LogP contribution in [-0.4, -0.2) is 12.4 Å². The molecule has 16 heavy (non-hydrogen) atoms. The molecule has 0 unspecified atom stereocenters. The van der Waals surface area contributed by atoms with E-state index >= 15 is 0 Å². The number of hydrogen-bond donors (Lipinski definition) is 0. The molecule has 2 rings (SSSR count). The Morgan fingerprint density at radius 2 is 1.94 bits per heavy atom. The van der Waals surface area contributed by atoms with Gasteiger partial charge in [-0.05, 0) is 49.1 Å². The fourth-order valence-electron chi connectivity index (χ4n) is 1.95. The van der Waals surface area contributed by atoms with E-state index in [0.717, 1.165) is 29.7 Å². The molecule has 0 fully saturated rings. The highest BCUT2D eigenvalue weighted by Crippen LogP contribution is 2.26. The fourth-order valence-corrected chi connectivity index (χ4v) is 1.95. The van der Waals surface area contributed by atoms with Crippen LogP contribution in [0.4, 0.5) is 0 Å². The molecule has 1 aromatic rings. The minimum Gasteiger partial charge on any atom is -0.494 e. The molecule has 0 spiro atoms. The number of carbonyl (C=O) groups excluding carboxylic acids is 1. The summed E-state index contributed by atoms with van der Waals surface area (Å²) in [5, 5.41) is 0. The monoisotopic (exact) mass is 216 g/mol. The lowest BCUT2D eigenvalue weighted by molar-refractivity contribution is -0.114. The number of ketones is 1. The van der Waals surface area contributed by atoms with Crippen molar-refractivity contribution in [1.29, 1.82) is 0 Å². The van der Waals surface area contributed by atoms with E-state index in [1.54, 1.807) is 6.08 Å². The summed E-state index contributed by atoms with van der Waals surface area (Å²) in [6.45, 7) is 2.65. The van der Waals surface area contributed by atoms with Crippen molar-refractivity contribution in [3.05, 3.63) is 35.9 Å². The average Bonchev–Trinajstić information content (AvgIpc) is 2.30. The molecule has 0 heterocycles. The minimum atomic E-state index is 0.245. The van der Waals surface area contributed by atoms with E-state index < -0.39 is 0 Å². The van der Waals surface area contributed by atoms with Crippen LogP contribution in [0, 0.1) is 0 Å². The molecule has 0 saturated heterocycles. The number of hydrogen-bond acceptors (Lipinski definition) is 2. The van der Waals surface area contributed by atoms with Crippen molar-refractivity contribution in [3.8, 4) is 5.75 Å². The summed E-state index contributed by atoms with van der Waals surface area (Å²) in [5.74, 6) is 1.13. The van der Waals surface area contributed by atoms with Crippen LogP contribution >= 0.6 is 0 Å². The van der Waals surface area contributed by atoms with Crippen molar-refractivity contribution in [2.45, 2.75) is 26.2 Å². The summed E-state index contributed by atoms with van der Waals surface area (Å²) < 4.78 is 5.38. The Kier molecular flexibility index (Phi) is 3.40. The first-order valence-corrected chi connectivity index (χ1v) is 5.76. The van der Waals surface area contributed by atoms with Gasteiger partial charge in [-0.3, -0.25) is 4.79 Å². The lowest BCUT2D eigenvalue weighted by Crippen LogP contribution is -2.02. The van der Waals surface area contributed by atoms with Crippen molar-refractivity contribution >= 4 is 11.4 Å². The van der Waals surface area contributed by atoms with Crippen LogP contribution in [-0.2, 0) is 4.79 Å². The third-order valence-electron chi connectivity index (χ3n) is 2.74. The molecule has 1 aromatic carbocycles. The Morgan fingerprint density at radius 1 is 1.19 bits per heavy atom. The van der Waals surface area contributed by atoms with Gasteiger partial charge in [0.25, 0.3) is 0 Å². The van der Waals surface area contributed by atoms with Gasteiger partial charge in [0.05, 0.1) is 6.61 Å². The van der Waals surface area contributed by atoms with Gasteiger partial charge in [0.2, 0.25) is 0 Å². The Morgan fingerprint density at radius 3 is 2.56 bits per heavy atom. The molecule has 2 nitrogen and oxygen atoms in total. The summed E-state index contributed by atoms with van der Waals surface area (Å²) in [5.41, 5.74) is 2.29. The molecule has 0 saturated carbocycles. The summed E-state index contributed by atoms with van der Waals surface area (Å²) in [7, 11) is 0. The minimum absolute atomic E-state index is 0.245. The van der Waals surface area contributed by atoms with Crippen molar-refractivity contribution < 1.29 is 9.53 Å². The van der Waals surface area contributed by atoms with Gasteiger partial charge in [-0.1, -0.05) is 12.1 Å². The Labute approximate surface area is 95.9 Å². The first kappa shape index (κ1) is 10.9. The number of rotatable bonds is 3. The van der Waals surface area contributed by atoms with Crippen molar-refractivity contribution in [2.75, 3.05) is 6.61 Å². The molecule has 0 radical (unpaired) electrons. The van der Waals surface area contributed by atoms with E-state index in [4.69, 9.17) is 4.74 Å². The van der Waals surface area contributed by atoms with Gasteiger partial charge >= 0.3 is 0 Å². The molecule has 0 bridgehead atoms. The van der Waals surface area contributed by atoms with Crippen LogP contribution in [0.25, 0.3) is 5.57 Å². The first-order chi connectivity index (χ1) is 7.79. The predicted molar refractivity (Wildman–Crippen MR) is 64.4 cm³/mol. The Balaban J connectivity index is 2.18.